The van der Waals surface area contributed by atoms with E-state index >= 15 is 0 Å². The lowest BCUT2D eigenvalue weighted by Gasteiger charge is -2.29. The number of aryl methyl sites for hydroxylation is 1. The van der Waals surface area contributed by atoms with Gasteiger partial charge in [-0.15, -0.1) is 0 Å². The van der Waals surface area contributed by atoms with Gasteiger partial charge >= 0.3 is 0 Å². The number of methoxy groups -OCH3 is 1. The summed E-state index contributed by atoms with van der Waals surface area (Å²) in [6.07, 6.45) is 7.86. The van der Waals surface area contributed by atoms with Gasteiger partial charge in [0.25, 0.3) is 5.91 Å². The molecule has 3 aromatic rings. The highest BCUT2D eigenvalue weighted by Gasteiger charge is 2.26. The average Bonchev–Trinajstić information content (AvgIpc) is 2.87. The Morgan fingerprint density at radius 2 is 1.79 bits per heavy atom. The molecule has 1 aliphatic carbocycles. The van der Waals surface area contributed by atoms with Crippen LogP contribution in [0.5, 0.6) is 11.5 Å². The van der Waals surface area contributed by atoms with Crippen molar-refractivity contribution in [2.75, 3.05) is 20.3 Å². The molecule has 1 amide bonds. The van der Waals surface area contributed by atoms with Crippen LogP contribution in [-0.4, -0.2) is 41.1 Å². The quantitative estimate of drug-likeness (QED) is 0.554. The van der Waals surface area contributed by atoms with Gasteiger partial charge < -0.3 is 14.8 Å². The highest BCUT2D eigenvalue weighted by molar-refractivity contribution is 5.77. The summed E-state index contributed by atoms with van der Waals surface area (Å²) < 4.78 is 10.9. The maximum absolute atomic E-state index is 12.3. The third-order valence-electron chi connectivity index (χ3n) is 6.13. The summed E-state index contributed by atoms with van der Waals surface area (Å²) in [5, 5.41) is 3.02. The van der Waals surface area contributed by atoms with Gasteiger partial charge in [0, 0.05) is 30.4 Å². The molecule has 1 saturated carbocycles. The number of aromatic nitrogens is 3. The van der Waals surface area contributed by atoms with Crippen molar-refractivity contribution in [2.45, 2.75) is 38.5 Å². The van der Waals surface area contributed by atoms with Crippen molar-refractivity contribution >= 4 is 5.91 Å². The van der Waals surface area contributed by atoms with Crippen molar-refractivity contribution in [3.05, 3.63) is 66.4 Å². The zero-order chi connectivity index (χ0) is 23.0. The average molecular weight is 447 g/mol. The topological polar surface area (TPSA) is 86.2 Å². The van der Waals surface area contributed by atoms with Crippen LogP contribution in [-0.2, 0) is 4.79 Å². The van der Waals surface area contributed by atoms with E-state index < -0.39 is 0 Å². The Kier molecular flexibility index (Phi) is 7.50. The molecule has 7 nitrogen and oxygen atoms in total. The molecule has 0 bridgehead atoms. The van der Waals surface area contributed by atoms with Crippen molar-refractivity contribution in [1.29, 1.82) is 0 Å². The first-order valence-corrected chi connectivity index (χ1v) is 11.4. The van der Waals surface area contributed by atoms with Gasteiger partial charge in [0.1, 0.15) is 5.82 Å². The first kappa shape index (κ1) is 22.7. The lowest BCUT2D eigenvalue weighted by atomic mass is 9.79. The number of hydrogen-bond donors (Lipinski definition) is 1. The van der Waals surface area contributed by atoms with Crippen molar-refractivity contribution < 1.29 is 14.3 Å². The van der Waals surface area contributed by atoms with Crippen LogP contribution in [0.3, 0.4) is 0 Å². The largest absolute Gasteiger partial charge is 0.493 e. The lowest BCUT2D eigenvalue weighted by molar-refractivity contribution is -0.123. The van der Waals surface area contributed by atoms with Crippen LogP contribution in [0, 0.1) is 12.8 Å². The van der Waals surface area contributed by atoms with Crippen LogP contribution < -0.4 is 14.8 Å². The van der Waals surface area contributed by atoms with Crippen molar-refractivity contribution in [1.82, 2.24) is 20.3 Å². The van der Waals surface area contributed by atoms with Crippen LogP contribution in [0.2, 0.25) is 0 Å². The number of carbonyl (C=O) groups excluding carboxylic acids is 1. The molecule has 1 aliphatic rings. The van der Waals surface area contributed by atoms with Gasteiger partial charge in [0.2, 0.25) is 0 Å². The molecule has 4 rings (SSSR count). The fraction of sp³-hybridized carbons (Fsp3) is 0.385. The Morgan fingerprint density at radius 1 is 1.03 bits per heavy atom. The number of nitrogens with one attached hydrogen (secondary N) is 1. The molecule has 172 valence electrons. The number of benzene rings is 1. The standard InChI is InChI=1S/C26H30N4O3/c1-18-28-16-21(22-7-5-6-14-27-22)26(30-18)20-12-10-19(11-13-20)15-29-25(31)17-33-24-9-4-3-8-23(24)32-2/h3-9,14,16,19-20H,10-13,15,17H2,1-2H3,(H,29,31). The predicted octanol–water partition coefficient (Wildman–Crippen LogP) is 4.32. The molecule has 0 atom stereocenters. The molecular weight excluding hydrogens is 416 g/mol. The molecule has 0 spiro atoms. The fourth-order valence-electron chi connectivity index (χ4n) is 4.35. The number of ether oxygens (including phenoxy) is 2. The van der Waals surface area contributed by atoms with Gasteiger partial charge in [-0.1, -0.05) is 18.2 Å². The first-order valence-electron chi connectivity index (χ1n) is 11.4. The molecule has 7 heteroatoms. The number of pyridine rings is 1. The third-order valence-corrected chi connectivity index (χ3v) is 6.13. The minimum atomic E-state index is -0.119. The van der Waals surface area contributed by atoms with E-state index in [1.165, 1.54) is 0 Å². The summed E-state index contributed by atoms with van der Waals surface area (Å²) in [6, 6.07) is 13.2. The summed E-state index contributed by atoms with van der Waals surface area (Å²) in [6.45, 7) is 2.57. The zero-order valence-corrected chi connectivity index (χ0v) is 19.2. The molecule has 0 aliphatic heterocycles. The number of nitrogens with zero attached hydrogens (tertiary/aromatic N) is 3. The normalized spacial score (nSPS) is 17.9. The van der Waals surface area contributed by atoms with E-state index in [-0.39, 0.29) is 12.5 Å². The van der Waals surface area contributed by atoms with Gasteiger partial charge in [0.15, 0.2) is 18.1 Å². The molecular formula is C26H30N4O3. The Morgan fingerprint density at radius 3 is 2.52 bits per heavy atom. The first-order chi connectivity index (χ1) is 16.1. The molecule has 0 unspecified atom stereocenters. The number of carbonyl (C=O) groups is 1. The molecule has 2 aromatic heterocycles. The predicted molar refractivity (Wildman–Crippen MR) is 126 cm³/mol. The zero-order valence-electron chi connectivity index (χ0n) is 19.2. The van der Waals surface area contributed by atoms with E-state index in [1.54, 1.807) is 19.4 Å². The molecule has 2 heterocycles. The third kappa shape index (κ3) is 5.86. The van der Waals surface area contributed by atoms with Gasteiger partial charge in [-0.25, -0.2) is 9.97 Å². The van der Waals surface area contributed by atoms with E-state index in [4.69, 9.17) is 14.5 Å². The maximum Gasteiger partial charge on any atom is 0.257 e. The highest BCUT2D eigenvalue weighted by atomic mass is 16.5. The summed E-state index contributed by atoms with van der Waals surface area (Å²) >= 11 is 0. The summed E-state index contributed by atoms with van der Waals surface area (Å²) in [5.41, 5.74) is 3.03. The second-order valence-electron chi connectivity index (χ2n) is 8.39. The Hall–Kier alpha value is -3.48. The monoisotopic (exact) mass is 446 g/mol. The molecule has 0 radical (unpaired) electrons. The Bertz CT molecular complexity index is 1070. The number of para-hydroxylation sites is 2. The second-order valence-corrected chi connectivity index (χ2v) is 8.39. The van der Waals surface area contributed by atoms with Crippen LogP contribution in [0.25, 0.3) is 11.3 Å². The van der Waals surface area contributed by atoms with E-state index in [0.29, 0.717) is 29.9 Å². The van der Waals surface area contributed by atoms with Gasteiger partial charge in [0.05, 0.1) is 18.5 Å². The van der Waals surface area contributed by atoms with Crippen LogP contribution in [0.4, 0.5) is 0 Å². The fourth-order valence-corrected chi connectivity index (χ4v) is 4.35. The number of rotatable bonds is 8. The minimum Gasteiger partial charge on any atom is -0.493 e. The SMILES string of the molecule is COc1ccccc1OCC(=O)NCC1CCC(c2nc(C)ncc2-c2ccccn2)CC1. The van der Waals surface area contributed by atoms with E-state index in [1.807, 2.05) is 49.5 Å². The Labute approximate surface area is 194 Å². The summed E-state index contributed by atoms with van der Waals surface area (Å²) in [7, 11) is 1.58. The Balaban J connectivity index is 1.28. The molecule has 33 heavy (non-hydrogen) atoms. The van der Waals surface area contributed by atoms with Crippen molar-refractivity contribution in [3.8, 4) is 22.8 Å². The highest BCUT2D eigenvalue weighted by Crippen LogP contribution is 2.38. The van der Waals surface area contributed by atoms with Gasteiger partial charge in [-0.3, -0.25) is 9.78 Å². The van der Waals surface area contributed by atoms with Crippen LogP contribution >= 0.6 is 0 Å². The van der Waals surface area contributed by atoms with Crippen LogP contribution in [0.1, 0.15) is 43.1 Å². The smallest absolute Gasteiger partial charge is 0.257 e. The van der Waals surface area contributed by atoms with Gasteiger partial charge in [-0.05, 0) is 62.8 Å². The summed E-state index contributed by atoms with van der Waals surface area (Å²) in [5.74, 6) is 2.69. The number of amides is 1. The maximum atomic E-state index is 12.3. The second kappa shape index (κ2) is 10.9. The number of hydrogen-bond acceptors (Lipinski definition) is 6. The van der Waals surface area contributed by atoms with Crippen molar-refractivity contribution in [3.63, 3.8) is 0 Å². The molecule has 1 aromatic carbocycles. The van der Waals surface area contributed by atoms with E-state index in [9.17, 15) is 4.79 Å². The minimum absolute atomic E-state index is 0.0244. The van der Waals surface area contributed by atoms with Gasteiger partial charge in [-0.2, -0.15) is 0 Å². The molecule has 1 N–H and O–H groups in total. The van der Waals surface area contributed by atoms with E-state index in [2.05, 4.69) is 15.3 Å². The van der Waals surface area contributed by atoms with E-state index in [0.717, 1.165) is 48.5 Å². The van der Waals surface area contributed by atoms with Crippen LogP contribution in [0.15, 0.2) is 54.9 Å². The van der Waals surface area contributed by atoms with Crippen molar-refractivity contribution in [2.24, 2.45) is 5.92 Å². The summed E-state index contributed by atoms with van der Waals surface area (Å²) in [4.78, 5) is 26.0. The molecule has 0 saturated heterocycles. The lowest BCUT2D eigenvalue weighted by Crippen LogP contribution is -2.34. The molecule has 1 fully saturated rings.